The Hall–Kier alpha value is -0.170. The van der Waals surface area contributed by atoms with Crippen LogP contribution in [-0.2, 0) is 14.8 Å². The van der Waals surface area contributed by atoms with Crippen molar-refractivity contribution in [1.82, 2.24) is 4.31 Å². The number of hydrogen-bond acceptors (Lipinski definition) is 4. The first kappa shape index (κ1) is 14.9. The fraction of sp³-hybridized carbons (Fsp3) is 1.00. The molecule has 6 heteroatoms. The van der Waals surface area contributed by atoms with Crippen LogP contribution < -0.4 is 0 Å². The molecule has 1 heterocycles. The normalized spacial score (nSPS) is 18.8. The van der Waals surface area contributed by atoms with E-state index in [-0.39, 0.29) is 11.9 Å². The van der Waals surface area contributed by atoms with E-state index in [0.29, 0.717) is 32.6 Å². The summed E-state index contributed by atoms with van der Waals surface area (Å²) in [7, 11) is -1.52. The maximum atomic E-state index is 12.2. The van der Waals surface area contributed by atoms with Crippen molar-refractivity contribution in [3.05, 3.63) is 0 Å². The molecule has 0 saturated carbocycles. The van der Waals surface area contributed by atoms with Gasteiger partial charge in [-0.2, -0.15) is 0 Å². The van der Waals surface area contributed by atoms with Crippen molar-refractivity contribution >= 4 is 10.0 Å². The minimum atomic E-state index is -3.16. The standard InChI is InChI=1S/C11H23NO4S/c1-12(7-3-2-4-8-13)17(14,15)11-5-9-16-10-6-11/h11,13H,2-10H2,1H3. The van der Waals surface area contributed by atoms with Gasteiger partial charge in [0.1, 0.15) is 0 Å². The summed E-state index contributed by atoms with van der Waals surface area (Å²) in [5.74, 6) is 0. The molecular weight excluding hydrogens is 242 g/mol. The second kappa shape index (κ2) is 7.31. The highest BCUT2D eigenvalue weighted by Gasteiger charge is 2.30. The molecule has 1 rings (SSSR count). The Morgan fingerprint density at radius 2 is 1.88 bits per heavy atom. The lowest BCUT2D eigenvalue weighted by molar-refractivity contribution is 0.0974. The molecule has 102 valence electrons. The van der Waals surface area contributed by atoms with E-state index < -0.39 is 10.0 Å². The second-order valence-electron chi connectivity index (χ2n) is 4.46. The van der Waals surface area contributed by atoms with Crippen molar-refractivity contribution in [1.29, 1.82) is 0 Å². The van der Waals surface area contributed by atoms with Gasteiger partial charge in [-0.05, 0) is 32.1 Å². The fourth-order valence-electron chi connectivity index (χ4n) is 1.98. The lowest BCUT2D eigenvalue weighted by atomic mass is 10.2. The summed E-state index contributed by atoms with van der Waals surface area (Å²) < 4.78 is 31.0. The Morgan fingerprint density at radius 3 is 2.47 bits per heavy atom. The van der Waals surface area contributed by atoms with Crippen LogP contribution in [0, 0.1) is 0 Å². The largest absolute Gasteiger partial charge is 0.396 e. The first-order chi connectivity index (χ1) is 8.09. The Balaban J connectivity index is 2.39. The quantitative estimate of drug-likeness (QED) is 0.684. The van der Waals surface area contributed by atoms with Gasteiger partial charge in [0, 0.05) is 33.4 Å². The van der Waals surface area contributed by atoms with Crippen molar-refractivity contribution in [2.45, 2.75) is 37.4 Å². The zero-order chi connectivity index (χ0) is 12.7. The Bertz CT molecular complexity index is 299. The number of ether oxygens (including phenoxy) is 1. The number of nitrogens with zero attached hydrogens (tertiary/aromatic N) is 1. The summed E-state index contributed by atoms with van der Waals surface area (Å²) in [6, 6.07) is 0. The summed E-state index contributed by atoms with van der Waals surface area (Å²) in [5.41, 5.74) is 0. The van der Waals surface area contributed by atoms with Gasteiger partial charge in [0.05, 0.1) is 5.25 Å². The zero-order valence-corrected chi connectivity index (χ0v) is 11.3. The van der Waals surface area contributed by atoms with Crippen LogP contribution in [0.4, 0.5) is 0 Å². The van der Waals surface area contributed by atoms with Crippen LogP contribution in [-0.4, -0.2) is 56.5 Å². The molecule has 1 aliphatic heterocycles. The molecule has 0 radical (unpaired) electrons. The molecular formula is C11H23NO4S. The van der Waals surface area contributed by atoms with Crippen molar-refractivity contribution in [3.8, 4) is 0 Å². The van der Waals surface area contributed by atoms with Crippen LogP contribution >= 0.6 is 0 Å². The average molecular weight is 265 g/mol. The predicted molar refractivity (Wildman–Crippen MR) is 66.3 cm³/mol. The van der Waals surface area contributed by atoms with Crippen molar-refractivity contribution < 1.29 is 18.3 Å². The molecule has 0 atom stereocenters. The van der Waals surface area contributed by atoms with Gasteiger partial charge in [0.2, 0.25) is 10.0 Å². The summed E-state index contributed by atoms with van der Waals surface area (Å²) >= 11 is 0. The van der Waals surface area contributed by atoms with Crippen molar-refractivity contribution in [2.24, 2.45) is 0 Å². The highest BCUT2D eigenvalue weighted by Crippen LogP contribution is 2.19. The van der Waals surface area contributed by atoms with Crippen LogP contribution in [0.2, 0.25) is 0 Å². The number of aliphatic hydroxyl groups excluding tert-OH is 1. The number of rotatable bonds is 7. The van der Waals surface area contributed by atoms with Crippen molar-refractivity contribution in [3.63, 3.8) is 0 Å². The minimum Gasteiger partial charge on any atom is -0.396 e. The van der Waals surface area contributed by atoms with E-state index in [1.165, 1.54) is 4.31 Å². The second-order valence-corrected chi connectivity index (χ2v) is 6.78. The molecule has 1 aliphatic rings. The molecule has 1 N–H and O–H groups in total. The van der Waals surface area contributed by atoms with Crippen LogP contribution in [0.3, 0.4) is 0 Å². The van der Waals surface area contributed by atoms with E-state index in [1.54, 1.807) is 7.05 Å². The van der Waals surface area contributed by atoms with Gasteiger partial charge in [-0.15, -0.1) is 0 Å². The topological polar surface area (TPSA) is 66.8 Å². The van der Waals surface area contributed by atoms with Gasteiger partial charge in [-0.1, -0.05) is 0 Å². The van der Waals surface area contributed by atoms with E-state index in [2.05, 4.69) is 0 Å². The Morgan fingerprint density at radius 1 is 1.24 bits per heavy atom. The van der Waals surface area contributed by atoms with Gasteiger partial charge in [0.25, 0.3) is 0 Å². The maximum Gasteiger partial charge on any atom is 0.216 e. The van der Waals surface area contributed by atoms with Crippen LogP contribution in [0.25, 0.3) is 0 Å². The van der Waals surface area contributed by atoms with Crippen LogP contribution in [0.5, 0.6) is 0 Å². The summed E-state index contributed by atoms with van der Waals surface area (Å²) in [6.45, 7) is 1.81. The van der Waals surface area contributed by atoms with E-state index >= 15 is 0 Å². The van der Waals surface area contributed by atoms with Gasteiger partial charge in [-0.3, -0.25) is 0 Å². The highest BCUT2D eigenvalue weighted by atomic mass is 32.2. The maximum absolute atomic E-state index is 12.2. The van der Waals surface area contributed by atoms with E-state index in [9.17, 15) is 8.42 Å². The first-order valence-electron chi connectivity index (χ1n) is 6.23. The minimum absolute atomic E-state index is 0.177. The predicted octanol–water partition coefficient (Wildman–Crippen LogP) is 0.590. The van der Waals surface area contributed by atoms with E-state index in [4.69, 9.17) is 9.84 Å². The average Bonchev–Trinajstić information content (AvgIpc) is 2.35. The van der Waals surface area contributed by atoms with Gasteiger partial charge in [-0.25, -0.2) is 12.7 Å². The summed E-state index contributed by atoms with van der Waals surface area (Å²) in [5, 5.41) is 8.37. The third kappa shape index (κ3) is 4.54. The lowest BCUT2D eigenvalue weighted by Crippen LogP contribution is -2.39. The first-order valence-corrected chi connectivity index (χ1v) is 7.73. The van der Waals surface area contributed by atoms with E-state index in [1.807, 2.05) is 0 Å². The number of hydrogen-bond donors (Lipinski definition) is 1. The molecule has 17 heavy (non-hydrogen) atoms. The van der Waals surface area contributed by atoms with Crippen LogP contribution in [0.15, 0.2) is 0 Å². The van der Waals surface area contributed by atoms with Gasteiger partial charge >= 0.3 is 0 Å². The number of aliphatic hydroxyl groups is 1. The molecule has 5 nitrogen and oxygen atoms in total. The molecule has 1 fully saturated rings. The lowest BCUT2D eigenvalue weighted by Gasteiger charge is -2.27. The highest BCUT2D eigenvalue weighted by molar-refractivity contribution is 7.89. The molecule has 0 aromatic heterocycles. The smallest absolute Gasteiger partial charge is 0.216 e. The molecule has 1 saturated heterocycles. The Labute approximate surface area is 104 Å². The summed E-state index contributed by atoms with van der Waals surface area (Å²) in [4.78, 5) is 0. The molecule has 0 unspecified atom stereocenters. The SMILES string of the molecule is CN(CCCCCO)S(=O)(=O)C1CCOCC1. The molecule has 0 spiro atoms. The third-order valence-electron chi connectivity index (χ3n) is 3.16. The van der Waals surface area contributed by atoms with Gasteiger partial charge in [0.15, 0.2) is 0 Å². The fourth-order valence-corrected chi connectivity index (χ4v) is 3.66. The monoisotopic (exact) mass is 265 g/mol. The number of sulfonamides is 1. The molecule has 0 aromatic carbocycles. The molecule has 0 aliphatic carbocycles. The molecule has 0 bridgehead atoms. The zero-order valence-electron chi connectivity index (χ0n) is 10.5. The van der Waals surface area contributed by atoms with E-state index in [0.717, 1.165) is 19.3 Å². The van der Waals surface area contributed by atoms with Crippen molar-refractivity contribution in [2.75, 3.05) is 33.4 Å². The third-order valence-corrected chi connectivity index (χ3v) is 5.52. The molecule has 0 aromatic rings. The van der Waals surface area contributed by atoms with Gasteiger partial charge < -0.3 is 9.84 Å². The Kier molecular flexibility index (Phi) is 6.40. The molecule has 0 amide bonds. The number of unbranched alkanes of at least 4 members (excludes halogenated alkanes) is 2. The van der Waals surface area contributed by atoms with Crippen LogP contribution in [0.1, 0.15) is 32.1 Å². The summed E-state index contributed by atoms with van der Waals surface area (Å²) in [6.07, 6.45) is 3.61.